The van der Waals surface area contributed by atoms with Gasteiger partial charge >= 0.3 is 0 Å². The fraction of sp³-hybridized carbons (Fsp3) is 0.273. The summed E-state index contributed by atoms with van der Waals surface area (Å²) in [6.45, 7) is 3.82. The van der Waals surface area contributed by atoms with Crippen molar-refractivity contribution >= 4 is 11.6 Å². The molecule has 2 aromatic carbocycles. The van der Waals surface area contributed by atoms with Crippen molar-refractivity contribution in [2.24, 2.45) is 0 Å². The highest BCUT2D eigenvalue weighted by Gasteiger charge is 2.14. The summed E-state index contributed by atoms with van der Waals surface area (Å²) in [6.07, 6.45) is 4.63. The van der Waals surface area contributed by atoms with Gasteiger partial charge in [0.05, 0.1) is 5.69 Å². The summed E-state index contributed by atoms with van der Waals surface area (Å²) < 4.78 is 5.68. The Labute approximate surface area is 153 Å². The number of aryl methyl sites for hydroxylation is 4. The average molecular weight is 346 g/mol. The van der Waals surface area contributed by atoms with Gasteiger partial charge in [0, 0.05) is 16.8 Å². The number of benzene rings is 2. The predicted molar refractivity (Wildman–Crippen MR) is 102 cm³/mol. The zero-order chi connectivity index (χ0) is 18.1. The van der Waals surface area contributed by atoms with Crippen LogP contribution in [-0.2, 0) is 12.8 Å². The van der Waals surface area contributed by atoms with Gasteiger partial charge in [0.2, 0.25) is 5.89 Å². The largest absolute Gasteiger partial charge is 0.441 e. The normalized spacial score (nSPS) is 13.3. The lowest BCUT2D eigenvalue weighted by Crippen LogP contribution is -2.13. The number of nitrogens with zero attached hydrogens (tertiary/aromatic N) is 1. The molecule has 0 atom stereocenters. The number of fused-ring (bicyclic) bond motifs is 1. The summed E-state index contributed by atoms with van der Waals surface area (Å²) in [5.74, 6) is 1.30. The fourth-order valence-electron chi connectivity index (χ4n) is 3.40. The third-order valence-electron chi connectivity index (χ3n) is 5.01. The number of carbonyl (C=O) groups is 1. The molecule has 0 spiro atoms. The SMILES string of the molecule is Cc1nc(-c2cccc(NC(=O)c3ccc4c(c3)CCCC4)c2)oc1C. The highest BCUT2D eigenvalue weighted by Crippen LogP contribution is 2.25. The van der Waals surface area contributed by atoms with Gasteiger partial charge < -0.3 is 9.73 Å². The maximum absolute atomic E-state index is 12.7. The molecule has 1 heterocycles. The molecule has 0 radical (unpaired) electrons. The van der Waals surface area contributed by atoms with Crippen LogP contribution < -0.4 is 5.32 Å². The van der Waals surface area contributed by atoms with Crippen molar-refractivity contribution in [2.75, 3.05) is 5.32 Å². The maximum atomic E-state index is 12.7. The molecule has 0 saturated carbocycles. The Morgan fingerprint density at radius 2 is 1.85 bits per heavy atom. The Morgan fingerprint density at radius 3 is 2.62 bits per heavy atom. The van der Waals surface area contributed by atoms with E-state index >= 15 is 0 Å². The summed E-state index contributed by atoms with van der Waals surface area (Å²) in [7, 11) is 0. The number of amides is 1. The summed E-state index contributed by atoms with van der Waals surface area (Å²) in [4.78, 5) is 17.1. The fourth-order valence-corrected chi connectivity index (χ4v) is 3.40. The summed E-state index contributed by atoms with van der Waals surface area (Å²) in [5.41, 5.74) is 5.86. The number of hydrogen-bond donors (Lipinski definition) is 1. The highest BCUT2D eigenvalue weighted by atomic mass is 16.4. The van der Waals surface area contributed by atoms with E-state index in [-0.39, 0.29) is 5.91 Å². The summed E-state index contributed by atoms with van der Waals surface area (Å²) in [6, 6.07) is 13.6. The molecular weight excluding hydrogens is 324 g/mol. The van der Waals surface area contributed by atoms with Crippen molar-refractivity contribution in [2.45, 2.75) is 39.5 Å². The summed E-state index contributed by atoms with van der Waals surface area (Å²) >= 11 is 0. The molecule has 4 heteroatoms. The van der Waals surface area contributed by atoms with E-state index in [1.165, 1.54) is 24.0 Å². The minimum atomic E-state index is -0.0877. The molecule has 0 aliphatic heterocycles. The predicted octanol–water partition coefficient (Wildman–Crippen LogP) is 5.09. The zero-order valence-corrected chi connectivity index (χ0v) is 15.1. The minimum Gasteiger partial charge on any atom is -0.441 e. The molecule has 4 rings (SSSR count). The van der Waals surface area contributed by atoms with Crippen LogP contribution in [0.15, 0.2) is 46.9 Å². The third-order valence-corrected chi connectivity index (χ3v) is 5.01. The first-order valence-corrected chi connectivity index (χ1v) is 9.08. The molecule has 0 fully saturated rings. The highest BCUT2D eigenvalue weighted by molar-refractivity contribution is 6.04. The smallest absolute Gasteiger partial charge is 0.255 e. The second-order valence-electron chi connectivity index (χ2n) is 6.89. The zero-order valence-electron chi connectivity index (χ0n) is 15.1. The van der Waals surface area contributed by atoms with Crippen molar-refractivity contribution in [3.63, 3.8) is 0 Å². The minimum absolute atomic E-state index is 0.0877. The number of aromatic nitrogens is 1. The standard InChI is InChI=1S/C22H22N2O2/c1-14-15(2)26-22(23-14)19-8-5-9-20(13-19)24-21(25)18-11-10-16-6-3-4-7-17(16)12-18/h5,8-13H,3-4,6-7H2,1-2H3,(H,24,25). The van der Waals surface area contributed by atoms with Crippen molar-refractivity contribution in [1.82, 2.24) is 4.98 Å². The molecule has 1 N–H and O–H groups in total. The molecule has 1 amide bonds. The van der Waals surface area contributed by atoms with Gasteiger partial charge in [0.1, 0.15) is 5.76 Å². The number of rotatable bonds is 3. The number of hydrogen-bond acceptors (Lipinski definition) is 3. The van der Waals surface area contributed by atoms with Crippen LogP contribution in [0.25, 0.3) is 11.5 Å². The van der Waals surface area contributed by atoms with Crippen molar-refractivity contribution < 1.29 is 9.21 Å². The number of anilines is 1. The van der Waals surface area contributed by atoms with Gasteiger partial charge in [-0.2, -0.15) is 0 Å². The summed E-state index contributed by atoms with van der Waals surface area (Å²) in [5, 5.41) is 2.99. The van der Waals surface area contributed by atoms with Gasteiger partial charge in [-0.3, -0.25) is 4.79 Å². The van der Waals surface area contributed by atoms with Gasteiger partial charge in [-0.25, -0.2) is 4.98 Å². The number of oxazole rings is 1. The Morgan fingerprint density at radius 1 is 1.04 bits per heavy atom. The third kappa shape index (κ3) is 3.27. The lowest BCUT2D eigenvalue weighted by Gasteiger charge is -2.16. The molecule has 1 aliphatic carbocycles. The monoisotopic (exact) mass is 346 g/mol. The van der Waals surface area contributed by atoms with E-state index in [9.17, 15) is 4.79 Å². The first-order valence-electron chi connectivity index (χ1n) is 9.08. The first-order chi connectivity index (χ1) is 12.6. The van der Waals surface area contributed by atoms with E-state index in [0.717, 1.165) is 35.5 Å². The van der Waals surface area contributed by atoms with E-state index in [4.69, 9.17) is 4.42 Å². The molecule has 0 bridgehead atoms. The van der Waals surface area contributed by atoms with E-state index in [1.54, 1.807) is 0 Å². The van der Waals surface area contributed by atoms with Crippen molar-refractivity contribution in [3.05, 3.63) is 70.6 Å². The lowest BCUT2D eigenvalue weighted by atomic mass is 9.90. The Balaban J connectivity index is 1.55. The molecule has 1 aliphatic rings. The van der Waals surface area contributed by atoms with Crippen LogP contribution in [0.5, 0.6) is 0 Å². The second-order valence-corrected chi connectivity index (χ2v) is 6.89. The Bertz CT molecular complexity index is 953. The molecule has 132 valence electrons. The maximum Gasteiger partial charge on any atom is 0.255 e. The van der Waals surface area contributed by atoms with Crippen LogP contribution in [0.3, 0.4) is 0 Å². The second kappa shape index (κ2) is 6.79. The average Bonchev–Trinajstić information content (AvgIpc) is 3.00. The van der Waals surface area contributed by atoms with Gasteiger partial charge in [0.15, 0.2) is 0 Å². The number of carbonyl (C=O) groups excluding carboxylic acids is 1. The van der Waals surface area contributed by atoms with Crippen molar-refractivity contribution in [1.29, 1.82) is 0 Å². The van der Waals surface area contributed by atoms with Crippen molar-refractivity contribution in [3.8, 4) is 11.5 Å². The first kappa shape index (κ1) is 16.6. The van der Waals surface area contributed by atoms with Gasteiger partial charge in [-0.1, -0.05) is 12.1 Å². The Hall–Kier alpha value is -2.88. The van der Waals surface area contributed by atoms with Crippen LogP contribution >= 0.6 is 0 Å². The van der Waals surface area contributed by atoms with Gasteiger partial charge in [-0.05, 0) is 81.0 Å². The molecule has 1 aromatic heterocycles. The van der Waals surface area contributed by atoms with Crippen LogP contribution in [0.4, 0.5) is 5.69 Å². The molecule has 0 saturated heterocycles. The van der Waals surface area contributed by atoms with Crippen LogP contribution in [0, 0.1) is 13.8 Å². The topological polar surface area (TPSA) is 55.1 Å². The van der Waals surface area contributed by atoms with E-state index < -0.39 is 0 Å². The molecule has 3 aromatic rings. The van der Waals surface area contributed by atoms with Gasteiger partial charge in [-0.15, -0.1) is 0 Å². The van der Waals surface area contributed by atoms with E-state index in [1.807, 2.05) is 50.2 Å². The van der Waals surface area contributed by atoms with E-state index in [0.29, 0.717) is 11.5 Å². The van der Waals surface area contributed by atoms with Gasteiger partial charge in [0.25, 0.3) is 5.91 Å². The van der Waals surface area contributed by atoms with E-state index in [2.05, 4.69) is 16.4 Å². The molecule has 26 heavy (non-hydrogen) atoms. The van der Waals surface area contributed by atoms with Crippen LogP contribution in [0.2, 0.25) is 0 Å². The van der Waals surface area contributed by atoms with Crippen LogP contribution in [0.1, 0.15) is 45.8 Å². The molecule has 0 unspecified atom stereocenters. The van der Waals surface area contributed by atoms with Crippen LogP contribution in [-0.4, -0.2) is 10.9 Å². The quantitative estimate of drug-likeness (QED) is 0.719. The lowest BCUT2D eigenvalue weighted by molar-refractivity contribution is 0.102. The number of nitrogens with one attached hydrogen (secondary N) is 1. The molecule has 4 nitrogen and oxygen atoms in total. The Kier molecular flexibility index (Phi) is 4.33. The molecular formula is C22H22N2O2.